The Kier molecular flexibility index (Phi) is 5.39. The highest BCUT2D eigenvalue weighted by atomic mass is 16.5. The summed E-state index contributed by atoms with van der Waals surface area (Å²) in [5.74, 6) is 1.87. The van der Waals surface area contributed by atoms with E-state index in [2.05, 4.69) is 26.3 Å². The monoisotopic (exact) mass is 402 g/mol. The van der Waals surface area contributed by atoms with Gasteiger partial charge in [-0.2, -0.15) is 10.2 Å². The second-order valence-electron chi connectivity index (χ2n) is 6.51. The summed E-state index contributed by atoms with van der Waals surface area (Å²) in [7, 11) is 1.59. The molecule has 4 rings (SSSR count). The molecule has 0 aliphatic carbocycles. The molecule has 9 heteroatoms. The molecular weight excluding hydrogens is 384 g/mol. The van der Waals surface area contributed by atoms with Gasteiger partial charge in [-0.1, -0.05) is 0 Å². The van der Waals surface area contributed by atoms with E-state index >= 15 is 0 Å². The molecule has 1 fully saturated rings. The molecule has 0 saturated carbocycles. The Hall–Kier alpha value is -4.19. The normalized spacial score (nSPS) is 13.3. The average molecular weight is 402 g/mol. The fraction of sp³-hybridized carbons (Fsp3) is 0.190. The van der Waals surface area contributed by atoms with Crippen LogP contribution in [0.2, 0.25) is 0 Å². The highest BCUT2D eigenvalue weighted by molar-refractivity contribution is 5.83. The number of pyridine rings is 1. The molecule has 2 aromatic heterocycles. The number of nitrogens with one attached hydrogen (secondary N) is 1. The third-order valence-electron chi connectivity index (χ3n) is 4.51. The van der Waals surface area contributed by atoms with E-state index < -0.39 is 0 Å². The minimum absolute atomic E-state index is 0.0772. The van der Waals surface area contributed by atoms with Gasteiger partial charge in [0.25, 0.3) is 0 Å². The van der Waals surface area contributed by atoms with Crippen molar-refractivity contribution in [2.45, 2.75) is 0 Å². The predicted octanol–water partition coefficient (Wildman–Crippen LogP) is 2.15. The molecule has 9 nitrogen and oxygen atoms in total. The highest BCUT2D eigenvalue weighted by Crippen LogP contribution is 2.33. The summed E-state index contributed by atoms with van der Waals surface area (Å²) < 4.78 is 11.2. The Morgan fingerprint density at radius 1 is 1.17 bits per heavy atom. The zero-order valence-electron chi connectivity index (χ0n) is 16.2. The number of benzene rings is 1. The van der Waals surface area contributed by atoms with E-state index in [9.17, 15) is 4.79 Å². The third-order valence-corrected chi connectivity index (χ3v) is 4.51. The molecule has 3 heterocycles. The minimum atomic E-state index is -0.0772. The van der Waals surface area contributed by atoms with Gasteiger partial charge in [-0.3, -0.25) is 9.78 Å². The molecule has 1 N–H and O–H groups in total. The molecule has 1 aromatic carbocycles. The molecule has 1 saturated heterocycles. The first-order valence-electron chi connectivity index (χ1n) is 9.22. The highest BCUT2D eigenvalue weighted by Gasteiger charge is 2.22. The molecule has 1 aliphatic heterocycles. The van der Waals surface area contributed by atoms with E-state index in [4.69, 9.17) is 14.7 Å². The smallest absolute Gasteiger partial charge is 0.246 e. The lowest BCUT2D eigenvalue weighted by Gasteiger charge is -2.29. The van der Waals surface area contributed by atoms with Crippen molar-refractivity contribution in [3.63, 3.8) is 0 Å². The van der Waals surface area contributed by atoms with Gasteiger partial charge in [-0.15, -0.1) is 0 Å². The van der Waals surface area contributed by atoms with Gasteiger partial charge in [0.05, 0.1) is 25.4 Å². The maximum absolute atomic E-state index is 11.9. The summed E-state index contributed by atoms with van der Waals surface area (Å²) in [5, 5.41) is 11.9. The van der Waals surface area contributed by atoms with Gasteiger partial charge < -0.3 is 19.7 Å². The van der Waals surface area contributed by atoms with Gasteiger partial charge in [0, 0.05) is 31.0 Å². The van der Waals surface area contributed by atoms with Crippen LogP contribution in [-0.2, 0) is 4.79 Å². The van der Waals surface area contributed by atoms with Crippen LogP contribution < -0.4 is 19.7 Å². The first-order valence-corrected chi connectivity index (χ1v) is 9.22. The van der Waals surface area contributed by atoms with Crippen molar-refractivity contribution in [1.82, 2.24) is 20.3 Å². The van der Waals surface area contributed by atoms with Crippen LogP contribution in [-0.4, -0.2) is 47.6 Å². The van der Waals surface area contributed by atoms with E-state index in [1.807, 2.05) is 4.90 Å². The molecule has 3 aromatic rings. The van der Waals surface area contributed by atoms with Gasteiger partial charge in [0.15, 0.2) is 5.82 Å². The number of nitriles is 1. The number of nitrogens with zero attached hydrogens (tertiary/aromatic N) is 5. The number of anilines is 1. The number of aromatic nitrogens is 3. The van der Waals surface area contributed by atoms with Crippen molar-refractivity contribution in [1.29, 1.82) is 5.26 Å². The van der Waals surface area contributed by atoms with Crippen LogP contribution in [0.4, 0.5) is 5.69 Å². The van der Waals surface area contributed by atoms with Crippen molar-refractivity contribution in [3.05, 3.63) is 54.5 Å². The number of rotatable bonds is 5. The summed E-state index contributed by atoms with van der Waals surface area (Å²) in [6.45, 7) is 1.32. The number of carbonyl (C=O) groups excluding carboxylic acids is 1. The van der Waals surface area contributed by atoms with Crippen LogP contribution in [0.3, 0.4) is 0 Å². The molecule has 30 heavy (non-hydrogen) atoms. The van der Waals surface area contributed by atoms with Gasteiger partial charge >= 0.3 is 0 Å². The van der Waals surface area contributed by atoms with E-state index in [1.165, 1.54) is 6.20 Å². The number of hydrogen-bond acceptors (Lipinski definition) is 8. The van der Waals surface area contributed by atoms with Crippen LogP contribution in [0, 0.1) is 11.3 Å². The van der Waals surface area contributed by atoms with E-state index in [-0.39, 0.29) is 12.5 Å². The Morgan fingerprint density at radius 3 is 2.70 bits per heavy atom. The topological polar surface area (TPSA) is 113 Å². The molecule has 0 bridgehead atoms. The van der Waals surface area contributed by atoms with Gasteiger partial charge in [0.2, 0.25) is 11.8 Å². The predicted molar refractivity (Wildman–Crippen MR) is 108 cm³/mol. The first kappa shape index (κ1) is 19.1. The van der Waals surface area contributed by atoms with Crippen molar-refractivity contribution < 1.29 is 14.3 Å². The van der Waals surface area contributed by atoms with Crippen LogP contribution >= 0.6 is 0 Å². The maximum Gasteiger partial charge on any atom is 0.246 e. The third kappa shape index (κ3) is 4.12. The lowest BCUT2D eigenvalue weighted by atomic mass is 10.2. The summed E-state index contributed by atoms with van der Waals surface area (Å²) in [4.78, 5) is 26.8. The Labute approximate surface area is 172 Å². The van der Waals surface area contributed by atoms with Crippen molar-refractivity contribution in [2.75, 3.05) is 31.6 Å². The number of carbonyl (C=O) groups is 1. The van der Waals surface area contributed by atoms with Crippen LogP contribution in [0.25, 0.3) is 11.4 Å². The molecule has 0 atom stereocenters. The fourth-order valence-corrected chi connectivity index (χ4v) is 3.01. The number of amides is 1. The quantitative estimate of drug-likeness (QED) is 0.691. The van der Waals surface area contributed by atoms with Crippen LogP contribution in [0.5, 0.6) is 17.4 Å². The molecule has 1 amide bonds. The second-order valence-corrected chi connectivity index (χ2v) is 6.51. The van der Waals surface area contributed by atoms with Crippen LogP contribution in [0.15, 0.2) is 48.9 Å². The van der Waals surface area contributed by atoms with Crippen molar-refractivity contribution in [2.24, 2.45) is 0 Å². The second kappa shape index (κ2) is 8.45. The molecule has 1 aliphatic rings. The average Bonchev–Trinajstić information content (AvgIpc) is 2.79. The van der Waals surface area contributed by atoms with Gasteiger partial charge in [-0.05, 0) is 30.3 Å². The fourth-order valence-electron chi connectivity index (χ4n) is 3.01. The first-order chi connectivity index (χ1) is 14.7. The molecule has 150 valence electrons. The van der Waals surface area contributed by atoms with E-state index in [1.54, 1.807) is 49.8 Å². The summed E-state index contributed by atoms with van der Waals surface area (Å²) in [6.07, 6.45) is 4.68. The summed E-state index contributed by atoms with van der Waals surface area (Å²) in [6, 6.07) is 10.8. The Balaban J connectivity index is 1.73. The zero-order valence-corrected chi connectivity index (χ0v) is 16.2. The van der Waals surface area contributed by atoms with Gasteiger partial charge in [0.1, 0.15) is 23.3 Å². The largest absolute Gasteiger partial charge is 0.497 e. The summed E-state index contributed by atoms with van der Waals surface area (Å²) >= 11 is 0. The molecular formula is C21H18N6O3. The molecule has 0 spiro atoms. The van der Waals surface area contributed by atoms with Gasteiger partial charge in [-0.25, -0.2) is 4.98 Å². The standard InChI is InChI=1S/C21H18N6O3/c1-29-16-2-4-17(5-3-16)30-21-18(27-7-6-24-19(28)13-27)12-25-20(26-21)15-8-14(9-22)10-23-11-15/h2-5,8,10-12H,6-7,13H2,1H3,(H,24,28). The number of hydrogen-bond donors (Lipinski definition) is 1. The van der Waals surface area contributed by atoms with Crippen molar-refractivity contribution in [3.8, 4) is 34.8 Å². The van der Waals surface area contributed by atoms with Crippen LogP contribution in [0.1, 0.15) is 5.56 Å². The van der Waals surface area contributed by atoms with E-state index in [0.29, 0.717) is 53.1 Å². The molecule has 0 radical (unpaired) electrons. The lowest BCUT2D eigenvalue weighted by molar-refractivity contribution is -0.120. The SMILES string of the molecule is COc1ccc(Oc2nc(-c3cncc(C#N)c3)ncc2N2CCNC(=O)C2)cc1. The number of piperazine rings is 1. The zero-order chi connectivity index (χ0) is 20.9. The molecule has 0 unspecified atom stereocenters. The number of ether oxygens (including phenoxy) is 2. The maximum atomic E-state index is 11.9. The Bertz CT molecular complexity index is 1110. The Morgan fingerprint density at radius 2 is 1.97 bits per heavy atom. The van der Waals surface area contributed by atoms with E-state index in [0.717, 1.165) is 0 Å². The lowest BCUT2D eigenvalue weighted by Crippen LogP contribution is -2.47. The van der Waals surface area contributed by atoms with Crippen molar-refractivity contribution >= 4 is 11.6 Å². The summed E-state index contributed by atoms with van der Waals surface area (Å²) in [5.41, 5.74) is 1.61. The number of methoxy groups -OCH3 is 1. The minimum Gasteiger partial charge on any atom is -0.497 e.